The van der Waals surface area contributed by atoms with Crippen molar-refractivity contribution in [1.29, 1.82) is 0 Å². The largest absolute Gasteiger partial charge is 0.253 e. The molecule has 0 N–H and O–H groups in total. The molecule has 1 nitrogen and oxygen atoms in total. The number of rotatable bonds is 1. The van der Waals surface area contributed by atoms with Gasteiger partial charge in [0, 0.05) is 11.6 Å². The molecular weight excluding hydrogens is 165 g/mol. The average molecular weight is 175 g/mol. The van der Waals surface area contributed by atoms with Gasteiger partial charge in [0.05, 0.1) is 0 Å². The number of hydrogen-bond acceptors (Lipinski definition) is 1. The summed E-state index contributed by atoms with van der Waals surface area (Å²) in [6.45, 7) is 2.06. The van der Waals surface area contributed by atoms with E-state index in [2.05, 4.69) is 11.9 Å². The summed E-state index contributed by atoms with van der Waals surface area (Å²) < 4.78 is 13.2. The second-order valence-corrected chi connectivity index (χ2v) is 3.01. The molecule has 0 aliphatic carbocycles. The Hall–Kier alpha value is -1.44. The summed E-state index contributed by atoms with van der Waals surface area (Å²) in [5.41, 5.74) is 1.60. The van der Waals surface area contributed by atoms with Gasteiger partial charge in [0.1, 0.15) is 11.3 Å². The van der Waals surface area contributed by atoms with E-state index in [1.807, 2.05) is 12.1 Å². The van der Waals surface area contributed by atoms with Gasteiger partial charge >= 0.3 is 0 Å². The Morgan fingerprint density at radius 3 is 3.00 bits per heavy atom. The Labute approximate surface area is 76.2 Å². The van der Waals surface area contributed by atoms with Crippen LogP contribution in [-0.4, -0.2) is 4.98 Å². The standard InChI is InChI=1S/C11H10FN/c1-2-8-6-9-4-3-5-10(12)11(9)13-7-8/h3-7H,2H2,1H3. The third kappa shape index (κ3) is 1.39. The fourth-order valence-corrected chi connectivity index (χ4v) is 1.36. The molecule has 1 heterocycles. The van der Waals surface area contributed by atoms with E-state index in [1.54, 1.807) is 12.3 Å². The van der Waals surface area contributed by atoms with Crippen LogP contribution in [0.3, 0.4) is 0 Å². The van der Waals surface area contributed by atoms with Crippen LogP contribution in [0.2, 0.25) is 0 Å². The minimum Gasteiger partial charge on any atom is -0.253 e. The summed E-state index contributed by atoms with van der Waals surface area (Å²) >= 11 is 0. The van der Waals surface area contributed by atoms with Crippen molar-refractivity contribution < 1.29 is 4.39 Å². The molecule has 0 aliphatic rings. The van der Waals surface area contributed by atoms with Gasteiger partial charge in [-0.25, -0.2) is 4.39 Å². The minimum atomic E-state index is -0.250. The maximum atomic E-state index is 13.2. The van der Waals surface area contributed by atoms with Crippen molar-refractivity contribution in [3.8, 4) is 0 Å². The molecule has 2 rings (SSSR count). The molecule has 0 saturated carbocycles. The SMILES string of the molecule is CCc1cnc2c(F)cccc2c1. The summed E-state index contributed by atoms with van der Waals surface area (Å²) in [5, 5.41) is 0.874. The quantitative estimate of drug-likeness (QED) is 0.649. The molecule has 66 valence electrons. The second kappa shape index (κ2) is 3.13. The maximum Gasteiger partial charge on any atom is 0.149 e. The van der Waals surface area contributed by atoms with Gasteiger partial charge in [-0.2, -0.15) is 0 Å². The number of benzene rings is 1. The minimum absolute atomic E-state index is 0.250. The lowest BCUT2D eigenvalue weighted by Gasteiger charge is -2.00. The van der Waals surface area contributed by atoms with Gasteiger partial charge in [-0.1, -0.05) is 19.1 Å². The Morgan fingerprint density at radius 2 is 2.23 bits per heavy atom. The Balaban J connectivity index is 2.72. The first-order valence-electron chi connectivity index (χ1n) is 4.34. The van der Waals surface area contributed by atoms with Gasteiger partial charge in [-0.15, -0.1) is 0 Å². The van der Waals surface area contributed by atoms with Crippen molar-refractivity contribution in [1.82, 2.24) is 4.98 Å². The molecule has 0 atom stereocenters. The normalized spacial score (nSPS) is 10.6. The molecule has 0 aliphatic heterocycles. The van der Waals surface area contributed by atoms with Gasteiger partial charge in [0.2, 0.25) is 0 Å². The van der Waals surface area contributed by atoms with Crippen molar-refractivity contribution in [2.75, 3.05) is 0 Å². The fourth-order valence-electron chi connectivity index (χ4n) is 1.36. The van der Waals surface area contributed by atoms with E-state index >= 15 is 0 Å². The number of aromatic nitrogens is 1. The van der Waals surface area contributed by atoms with Crippen LogP contribution < -0.4 is 0 Å². The number of aryl methyl sites for hydroxylation is 1. The molecule has 2 aromatic rings. The summed E-state index contributed by atoms with van der Waals surface area (Å²) in [7, 11) is 0. The Kier molecular flexibility index (Phi) is 1.97. The van der Waals surface area contributed by atoms with Crippen molar-refractivity contribution in [3.63, 3.8) is 0 Å². The van der Waals surface area contributed by atoms with E-state index < -0.39 is 0 Å². The van der Waals surface area contributed by atoms with Gasteiger partial charge in [-0.05, 0) is 24.1 Å². The molecule has 13 heavy (non-hydrogen) atoms. The summed E-state index contributed by atoms with van der Waals surface area (Å²) in [6, 6.07) is 7.00. The zero-order valence-corrected chi connectivity index (χ0v) is 7.42. The lowest BCUT2D eigenvalue weighted by Crippen LogP contribution is -1.87. The number of para-hydroxylation sites is 1. The van der Waals surface area contributed by atoms with E-state index in [0.717, 1.165) is 17.4 Å². The van der Waals surface area contributed by atoms with Crippen molar-refractivity contribution in [3.05, 3.63) is 41.8 Å². The first-order valence-corrected chi connectivity index (χ1v) is 4.34. The van der Waals surface area contributed by atoms with Crippen LogP contribution in [0.4, 0.5) is 4.39 Å². The molecule has 1 aromatic carbocycles. The average Bonchev–Trinajstić information content (AvgIpc) is 2.18. The first-order chi connectivity index (χ1) is 6.31. The van der Waals surface area contributed by atoms with E-state index in [9.17, 15) is 4.39 Å². The molecule has 0 spiro atoms. The Morgan fingerprint density at radius 1 is 1.38 bits per heavy atom. The Bertz CT molecular complexity index is 437. The summed E-state index contributed by atoms with van der Waals surface area (Å²) in [5.74, 6) is -0.250. The highest BCUT2D eigenvalue weighted by atomic mass is 19.1. The molecule has 0 radical (unpaired) electrons. The number of pyridine rings is 1. The van der Waals surface area contributed by atoms with Crippen LogP contribution in [0.15, 0.2) is 30.5 Å². The van der Waals surface area contributed by atoms with Gasteiger partial charge in [0.15, 0.2) is 0 Å². The van der Waals surface area contributed by atoms with Crippen LogP contribution in [0.5, 0.6) is 0 Å². The molecule has 2 heteroatoms. The first kappa shape index (κ1) is 8.17. The molecule has 0 bridgehead atoms. The molecule has 0 unspecified atom stereocenters. The third-order valence-corrected chi connectivity index (χ3v) is 2.13. The van der Waals surface area contributed by atoms with Crippen LogP contribution in [0.25, 0.3) is 10.9 Å². The molecule has 0 fully saturated rings. The van der Waals surface area contributed by atoms with Crippen LogP contribution >= 0.6 is 0 Å². The van der Waals surface area contributed by atoms with Gasteiger partial charge < -0.3 is 0 Å². The molecule has 0 amide bonds. The highest BCUT2D eigenvalue weighted by Crippen LogP contribution is 2.16. The lowest BCUT2D eigenvalue weighted by molar-refractivity contribution is 0.636. The van der Waals surface area contributed by atoms with E-state index in [0.29, 0.717) is 5.52 Å². The predicted octanol–water partition coefficient (Wildman–Crippen LogP) is 2.94. The predicted molar refractivity (Wildman–Crippen MR) is 51.1 cm³/mol. The van der Waals surface area contributed by atoms with E-state index in [1.165, 1.54) is 6.07 Å². The van der Waals surface area contributed by atoms with Crippen LogP contribution in [0, 0.1) is 5.82 Å². The second-order valence-electron chi connectivity index (χ2n) is 3.01. The molecule has 1 aromatic heterocycles. The third-order valence-electron chi connectivity index (χ3n) is 2.13. The van der Waals surface area contributed by atoms with Crippen molar-refractivity contribution >= 4 is 10.9 Å². The van der Waals surface area contributed by atoms with Crippen LogP contribution in [-0.2, 0) is 6.42 Å². The molecule has 0 saturated heterocycles. The van der Waals surface area contributed by atoms with E-state index in [4.69, 9.17) is 0 Å². The fraction of sp³-hybridized carbons (Fsp3) is 0.182. The van der Waals surface area contributed by atoms with Crippen molar-refractivity contribution in [2.45, 2.75) is 13.3 Å². The number of hydrogen-bond donors (Lipinski definition) is 0. The summed E-state index contributed by atoms with van der Waals surface area (Å²) in [4.78, 5) is 4.08. The smallest absolute Gasteiger partial charge is 0.149 e. The van der Waals surface area contributed by atoms with E-state index in [-0.39, 0.29) is 5.82 Å². The topological polar surface area (TPSA) is 12.9 Å². The lowest BCUT2D eigenvalue weighted by atomic mass is 10.1. The number of nitrogens with zero attached hydrogens (tertiary/aromatic N) is 1. The summed E-state index contributed by atoms with van der Waals surface area (Å²) in [6.07, 6.45) is 2.66. The zero-order chi connectivity index (χ0) is 9.26. The number of fused-ring (bicyclic) bond motifs is 1. The van der Waals surface area contributed by atoms with Gasteiger partial charge in [0.25, 0.3) is 0 Å². The highest BCUT2D eigenvalue weighted by Gasteiger charge is 2.00. The van der Waals surface area contributed by atoms with Crippen LogP contribution in [0.1, 0.15) is 12.5 Å². The zero-order valence-electron chi connectivity index (χ0n) is 7.42. The molecular formula is C11H10FN. The van der Waals surface area contributed by atoms with Gasteiger partial charge in [-0.3, -0.25) is 4.98 Å². The highest BCUT2D eigenvalue weighted by molar-refractivity contribution is 5.79. The number of halogens is 1. The van der Waals surface area contributed by atoms with Crippen molar-refractivity contribution in [2.24, 2.45) is 0 Å². The maximum absolute atomic E-state index is 13.2. The monoisotopic (exact) mass is 175 g/mol.